The summed E-state index contributed by atoms with van der Waals surface area (Å²) in [6.45, 7) is 7.34. The number of hydrogen-bond acceptors (Lipinski definition) is 9. The van der Waals surface area contributed by atoms with Crippen molar-refractivity contribution in [3.8, 4) is 0 Å². The normalized spacial score (nSPS) is 28.4. The lowest BCUT2D eigenvalue weighted by Gasteiger charge is -2.33. The summed E-state index contributed by atoms with van der Waals surface area (Å²) in [5.74, 6) is -3.34. The molecule has 3 aliphatic rings. The van der Waals surface area contributed by atoms with Crippen LogP contribution in [0.5, 0.6) is 0 Å². The molecule has 8 atom stereocenters. The number of thiazole rings is 1. The van der Waals surface area contributed by atoms with Crippen LogP contribution in [0, 0.1) is 5.92 Å². The molecule has 3 aliphatic heterocycles. The zero-order chi connectivity index (χ0) is 36.1. The van der Waals surface area contributed by atoms with Crippen LogP contribution in [0.1, 0.15) is 86.9 Å². The van der Waals surface area contributed by atoms with Gasteiger partial charge < -0.3 is 36.2 Å². The lowest BCUT2D eigenvalue weighted by Crippen LogP contribution is -2.60. The molecule has 5 rings (SSSR count). The molecule has 1 aromatic heterocycles. The number of aromatic nitrogens is 1. The Morgan fingerprint density at radius 3 is 2.04 bits per heavy atom. The van der Waals surface area contributed by atoms with E-state index in [0.29, 0.717) is 37.1 Å². The zero-order valence-corrected chi connectivity index (χ0v) is 29.7. The van der Waals surface area contributed by atoms with Crippen molar-refractivity contribution < 1.29 is 33.9 Å². The number of carbonyl (C=O) groups is 6. The summed E-state index contributed by atoms with van der Waals surface area (Å²) in [7, 11) is 0. The van der Waals surface area contributed by atoms with E-state index in [9.17, 15) is 33.9 Å². The highest BCUT2D eigenvalue weighted by Crippen LogP contribution is 2.29. The number of amides is 6. The van der Waals surface area contributed by atoms with Crippen LogP contribution in [0.2, 0.25) is 0 Å². The average Bonchev–Trinajstić information content (AvgIpc) is 3.89. The molecule has 2 fully saturated rings. The van der Waals surface area contributed by atoms with E-state index >= 15 is 0 Å². The van der Waals surface area contributed by atoms with Crippen LogP contribution in [0.25, 0.3) is 0 Å². The lowest BCUT2D eigenvalue weighted by molar-refractivity contribution is -0.146. The minimum absolute atomic E-state index is 0.0733. The van der Waals surface area contributed by atoms with Gasteiger partial charge in [0.2, 0.25) is 29.5 Å². The number of aliphatic hydroxyl groups is 1. The van der Waals surface area contributed by atoms with Gasteiger partial charge in [-0.15, -0.1) is 11.3 Å². The summed E-state index contributed by atoms with van der Waals surface area (Å²) in [5, 5.41) is 24.0. The lowest BCUT2D eigenvalue weighted by atomic mass is 9.99. The number of carbonyl (C=O) groups excluding carboxylic acids is 6. The van der Waals surface area contributed by atoms with Crippen LogP contribution in [0.3, 0.4) is 0 Å². The Hall–Kier alpha value is -4.37. The van der Waals surface area contributed by atoms with Gasteiger partial charge in [-0.3, -0.25) is 28.8 Å². The average molecular weight is 710 g/mol. The Morgan fingerprint density at radius 2 is 1.44 bits per heavy atom. The maximum absolute atomic E-state index is 14.1. The van der Waals surface area contributed by atoms with Gasteiger partial charge in [0.05, 0.1) is 12.1 Å². The first-order valence-corrected chi connectivity index (χ1v) is 18.3. The summed E-state index contributed by atoms with van der Waals surface area (Å²) in [6.07, 6.45) is 1.31. The first-order valence-electron chi connectivity index (χ1n) is 17.4. The summed E-state index contributed by atoms with van der Waals surface area (Å²) < 4.78 is 0. The summed E-state index contributed by atoms with van der Waals surface area (Å²) in [5.41, 5.74) is 0.861. The maximum atomic E-state index is 14.1. The fourth-order valence-electron chi connectivity index (χ4n) is 6.77. The Bertz CT molecular complexity index is 1580. The van der Waals surface area contributed by atoms with Gasteiger partial charge in [0.1, 0.15) is 40.9 Å². The molecule has 2 bridgehead atoms. The van der Waals surface area contributed by atoms with Crippen LogP contribution in [-0.2, 0) is 30.4 Å². The van der Waals surface area contributed by atoms with Crippen molar-refractivity contribution in [1.82, 2.24) is 36.1 Å². The topological polar surface area (TPSA) is 190 Å². The van der Waals surface area contributed by atoms with Gasteiger partial charge in [-0.1, -0.05) is 50.6 Å². The van der Waals surface area contributed by atoms with Gasteiger partial charge >= 0.3 is 0 Å². The number of fused-ring (bicyclic) bond motifs is 4. The van der Waals surface area contributed by atoms with Crippen molar-refractivity contribution in [2.75, 3.05) is 13.1 Å². The van der Waals surface area contributed by atoms with Crippen molar-refractivity contribution in [2.45, 2.75) is 109 Å². The van der Waals surface area contributed by atoms with Gasteiger partial charge in [0, 0.05) is 24.9 Å². The fourth-order valence-corrected chi connectivity index (χ4v) is 7.75. The molecule has 15 heteroatoms. The Labute approximate surface area is 295 Å². The highest BCUT2D eigenvalue weighted by atomic mass is 32.1. The third kappa shape index (κ3) is 8.15. The van der Waals surface area contributed by atoms with Crippen LogP contribution in [0.4, 0.5) is 0 Å². The quantitative estimate of drug-likeness (QED) is 0.305. The third-order valence-electron chi connectivity index (χ3n) is 9.89. The van der Waals surface area contributed by atoms with E-state index in [1.54, 1.807) is 5.38 Å². The zero-order valence-electron chi connectivity index (χ0n) is 28.9. The molecule has 2 saturated heterocycles. The minimum Gasteiger partial charge on any atom is -0.391 e. The van der Waals surface area contributed by atoms with Gasteiger partial charge in [-0.2, -0.15) is 0 Å². The minimum atomic E-state index is -1.35. The molecule has 0 radical (unpaired) electrons. The Morgan fingerprint density at radius 1 is 0.840 bits per heavy atom. The van der Waals surface area contributed by atoms with Crippen molar-refractivity contribution in [3.63, 3.8) is 0 Å². The van der Waals surface area contributed by atoms with Crippen LogP contribution >= 0.6 is 11.3 Å². The maximum Gasteiger partial charge on any atom is 0.271 e. The first-order chi connectivity index (χ1) is 23.9. The van der Waals surface area contributed by atoms with Crippen molar-refractivity contribution >= 4 is 46.8 Å². The molecule has 14 nitrogen and oxygen atoms in total. The van der Waals surface area contributed by atoms with Crippen molar-refractivity contribution in [3.05, 3.63) is 52.0 Å². The molecular formula is C35H47N7O7S. The van der Waals surface area contributed by atoms with Crippen LogP contribution in [-0.4, -0.2) is 105 Å². The molecular weight excluding hydrogens is 662 g/mol. The number of hydrogen-bond donors (Lipinski definition) is 5. The second kappa shape index (κ2) is 16.1. The second-order valence-electron chi connectivity index (χ2n) is 13.5. The summed E-state index contributed by atoms with van der Waals surface area (Å²) >= 11 is 1.21. The van der Waals surface area contributed by atoms with Crippen molar-refractivity contribution in [2.24, 2.45) is 5.92 Å². The monoisotopic (exact) mass is 709 g/mol. The van der Waals surface area contributed by atoms with E-state index in [4.69, 9.17) is 0 Å². The smallest absolute Gasteiger partial charge is 0.271 e. The predicted octanol–water partition coefficient (Wildman–Crippen LogP) is 1.05. The SMILES string of the molecule is CC[C@H](C)[C@@H]1NC(=O)[C@@H]2CCCN2C(=O)[C@H]([C@@H](C)O)NC(=O)[C@@H]2CCCN2C(=O)[C@H](Cc2ccccc2)NC(=O)[C@H](C)NC(=O)c2csc1n2. The molecule has 270 valence electrons. The highest BCUT2D eigenvalue weighted by Gasteiger charge is 2.43. The van der Waals surface area contributed by atoms with Gasteiger partial charge in [0.25, 0.3) is 5.91 Å². The molecule has 0 aliphatic carbocycles. The predicted molar refractivity (Wildman–Crippen MR) is 185 cm³/mol. The summed E-state index contributed by atoms with van der Waals surface area (Å²) in [4.78, 5) is 89.8. The molecule has 50 heavy (non-hydrogen) atoms. The van der Waals surface area contributed by atoms with E-state index in [2.05, 4.69) is 26.3 Å². The number of aliphatic hydroxyl groups excluding tert-OH is 1. The first kappa shape index (κ1) is 36.9. The third-order valence-corrected chi connectivity index (χ3v) is 10.8. The van der Waals surface area contributed by atoms with E-state index < -0.39 is 77.8 Å². The fraction of sp³-hybridized carbons (Fsp3) is 0.571. The van der Waals surface area contributed by atoms with E-state index in [0.717, 1.165) is 5.56 Å². The number of benzene rings is 1. The molecule has 0 spiro atoms. The number of nitrogens with one attached hydrogen (secondary N) is 4. The molecule has 4 heterocycles. The van der Waals surface area contributed by atoms with E-state index in [-0.39, 0.29) is 31.1 Å². The molecule has 1 aromatic carbocycles. The Kier molecular flexibility index (Phi) is 11.9. The van der Waals surface area contributed by atoms with Gasteiger partial charge in [-0.05, 0) is 51.0 Å². The highest BCUT2D eigenvalue weighted by molar-refractivity contribution is 7.09. The molecule has 6 amide bonds. The number of nitrogens with zero attached hydrogens (tertiary/aromatic N) is 3. The number of rotatable bonds is 5. The standard InChI is InChI=1S/C35H47N7O7S/c1-5-19(2)27-33-38-24(18-50-33)30(45)36-20(3)29(44)37-23(17-22-11-7-6-8-12-22)34(48)41-15-9-13-25(41)32(47)40-28(21(4)43)35(49)42-16-10-14-26(42)31(46)39-27/h6-8,11-12,18-21,23,25-28,43H,5,9-10,13-17H2,1-4H3,(H,36,45)(H,37,44)(H,39,46)(H,40,47)/t19-,20-,21+,23-,25-,26-,27-,28-/m0/s1. The van der Waals surface area contributed by atoms with E-state index in [1.807, 2.05) is 44.2 Å². The summed E-state index contributed by atoms with van der Waals surface area (Å²) in [6, 6.07) is 3.32. The molecule has 0 saturated carbocycles. The van der Waals surface area contributed by atoms with Gasteiger partial charge in [0.15, 0.2) is 0 Å². The molecule has 0 unspecified atom stereocenters. The van der Waals surface area contributed by atoms with Crippen LogP contribution < -0.4 is 21.3 Å². The van der Waals surface area contributed by atoms with Crippen molar-refractivity contribution in [1.29, 1.82) is 0 Å². The van der Waals surface area contributed by atoms with Crippen LogP contribution in [0.15, 0.2) is 35.7 Å². The second-order valence-corrected chi connectivity index (χ2v) is 14.4. The Balaban J connectivity index is 1.51. The molecule has 5 N–H and O–H groups in total. The van der Waals surface area contributed by atoms with Gasteiger partial charge in [-0.25, -0.2) is 4.98 Å². The largest absolute Gasteiger partial charge is 0.391 e. The molecule has 2 aromatic rings. The van der Waals surface area contributed by atoms with E-state index in [1.165, 1.54) is 35.0 Å².